The van der Waals surface area contributed by atoms with Gasteiger partial charge in [0.2, 0.25) is 0 Å². The van der Waals surface area contributed by atoms with Crippen molar-refractivity contribution < 1.29 is 4.74 Å². The lowest BCUT2D eigenvalue weighted by atomic mass is 10.1. The number of nitrogens with zero attached hydrogens (tertiary/aromatic N) is 3. The Kier molecular flexibility index (Phi) is 5.81. The van der Waals surface area contributed by atoms with Crippen molar-refractivity contribution in [1.29, 1.82) is 0 Å². The maximum atomic E-state index is 5.33. The minimum absolute atomic E-state index is 0.767. The molecule has 0 unspecified atom stereocenters. The van der Waals surface area contributed by atoms with Crippen LogP contribution >= 0.6 is 11.3 Å². The predicted molar refractivity (Wildman–Crippen MR) is 106 cm³/mol. The zero-order valence-electron chi connectivity index (χ0n) is 15.2. The molecule has 0 atom stereocenters. The Balaban J connectivity index is 1.54. The summed E-state index contributed by atoms with van der Waals surface area (Å²) in [5, 5.41) is 6.98. The molecule has 0 bridgehead atoms. The van der Waals surface area contributed by atoms with E-state index in [4.69, 9.17) is 4.74 Å². The van der Waals surface area contributed by atoms with Gasteiger partial charge >= 0.3 is 0 Å². The molecule has 0 amide bonds. The third kappa shape index (κ3) is 4.25. The average molecular weight is 359 g/mol. The second-order valence-electron chi connectivity index (χ2n) is 6.13. The molecular formula is C19H26N4OS. The van der Waals surface area contributed by atoms with Crippen molar-refractivity contribution in [2.45, 2.75) is 13.5 Å². The number of aryl methyl sites for hydroxylation is 1. The van der Waals surface area contributed by atoms with Gasteiger partial charge in [-0.3, -0.25) is 4.99 Å². The molecule has 0 spiro atoms. The topological polar surface area (TPSA) is 40.1 Å². The largest absolute Gasteiger partial charge is 0.496 e. The van der Waals surface area contributed by atoms with Crippen LogP contribution in [-0.2, 0) is 6.54 Å². The van der Waals surface area contributed by atoms with Gasteiger partial charge in [-0.25, -0.2) is 0 Å². The molecule has 3 rings (SSSR count). The van der Waals surface area contributed by atoms with Crippen LogP contribution in [-0.4, -0.2) is 51.2 Å². The number of nitrogens with one attached hydrogen (secondary N) is 1. The van der Waals surface area contributed by atoms with E-state index >= 15 is 0 Å². The summed E-state index contributed by atoms with van der Waals surface area (Å²) in [6, 6.07) is 10.6. The summed E-state index contributed by atoms with van der Waals surface area (Å²) in [5.74, 6) is 1.90. The number of rotatable bonds is 4. The summed E-state index contributed by atoms with van der Waals surface area (Å²) < 4.78 is 5.33. The van der Waals surface area contributed by atoms with Crippen LogP contribution in [0.5, 0.6) is 5.75 Å². The molecule has 1 N–H and O–H groups in total. The van der Waals surface area contributed by atoms with Crippen LogP contribution in [0.25, 0.3) is 0 Å². The Morgan fingerprint density at radius 2 is 2.04 bits per heavy atom. The highest BCUT2D eigenvalue weighted by molar-refractivity contribution is 7.14. The standard InChI is InChI=1S/C19H26N4OS/c1-15-13-16(6-7-17(15)24-3)14-21-19(20-2)23-10-8-22(9-11-23)18-5-4-12-25-18/h4-7,12-13H,8-11,14H2,1-3H3,(H,20,21). The molecule has 0 saturated carbocycles. The third-order valence-electron chi connectivity index (χ3n) is 4.52. The SMILES string of the molecule is CN=C(NCc1ccc(OC)c(C)c1)N1CCN(c2cccs2)CC1. The van der Waals surface area contributed by atoms with Crippen molar-refractivity contribution in [3.8, 4) is 5.75 Å². The van der Waals surface area contributed by atoms with E-state index in [9.17, 15) is 0 Å². The molecule has 1 fully saturated rings. The van der Waals surface area contributed by atoms with E-state index in [2.05, 4.69) is 56.7 Å². The molecular weight excluding hydrogens is 332 g/mol. The molecule has 1 saturated heterocycles. The highest BCUT2D eigenvalue weighted by Gasteiger charge is 2.20. The van der Waals surface area contributed by atoms with Gasteiger partial charge in [-0.1, -0.05) is 12.1 Å². The quantitative estimate of drug-likeness (QED) is 0.674. The molecule has 6 heteroatoms. The van der Waals surface area contributed by atoms with Gasteiger partial charge in [0.25, 0.3) is 0 Å². The van der Waals surface area contributed by atoms with E-state index in [0.29, 0.717) is 0 Å². The molecule has 0 radical (unpaired) electrons. The van der Waals surface area contributed by atoms with Gasteiger partial charge in [0.1, 0.15) is 5.75 Å². The van der Waals surface area contributed by atoms with Gasteiger partial charge in [-0.2, -0.15) is 0 Å². The van der Waals surface area contributed by atoms with Crippen LogP contribution in [0.15, 0.2) is 40.7 Å². The molecule has 0 aliphatic carbocycles. The van der Waals surface area contributed by atoms with Gasteiger partial charge in [-0.15, -0.1) is 11.3 Å². The zero-order valence-corrected chi connectivity index (χ0v) is 16.0. The number of thiophene rings is 1. The number of ether oxygens (including phenoxy) is 1. The van der Waals surface area contributed by atoms with Gasteiger partial charge in [0.15, 0.2) is 5.96 Å². The van der Waals surface area contributed by atoms with E-state index in [-0.39, 0.29) is 0 Å². The average Bonchev–Trinajstić information content (AvgIpc) is 3.17. The molecule has 1 aromatic carbocycles. The van der Waals surface area contributed by atoms with Crippen LogP contribution in [0.4, 0.5) is 5.00 Å². The van der Waals surface area contributed by atoms with Crippen molar-refractivity contribution in [3.05, 3.63) is 46.8 Å². The Morgan fingerprint density at radius 3 is 2.64 bits per heavy atom. The number of benzene rings is 1. The highest BCUT2D eigenvalue weighted by atomic mass is 32.1. The van der Waals surface area contributed by atoms with Crippen molar-refractivity contribution in [2.24, 2.45) is 4.99 Å². The molecule has 5 nitrogen and oxygen atoms in total. The summed E-state index contributed by atoms with van der Waals surface area (Å²) in [4.78, 5) is 9.24. The molecule has 2 heterocycles. The lowest BCUT2D eigenvalue weighted by molar-refractivity contribution is 0.373. The van der Waals surface area contributed by atoms with Crippen LogP contribution < -0.4 is 15.0 Å². The van der Waals surface area contributed by atoms with Crippen molar-refractivity contribution in [1.82, 2.24) is 10.2 Å². The fourth-order valence-corrected chi connectivity index (χ4v) is 3.94. The molecule has 1 aliphatic rings. The Morgan fingerprint density at radius 1 is 1.24 bits per heavy atom. The lowest BCUT2D eigenvalue weighted by Crippen LogP contribution is -2.52. The monoisotopic (exact) mass is 358 g/mol. The minimum atomic E-state index is 0.767. The number of piperazine rings is 1. The Labute approximate surface area is 153 Å². The summed E-state index contributed by atoms with van der Waals surface area (Å²) >= 11 is 1.81. The van der Waals surface area contributed by atoms with E-state index in [1.54, 1.807) is 7.11 Å². The highest BCUT2D eigenvalue weighted by Crippen LogP contribution is 2.22. The first kappa shape index (κ1) is 17.6. The fourth-order valence-electron chi connectivity index (χ4n) is 3.15. The second kappa shape index (κ2) is 8.25. The number of guanidine groups is 1. The predicted octanol–water partition coefficient (Wildman–Crippen LogP) is 2.96. The van der Waals surface area contributed by atoms with Crippen LogP contribution in [0.3, 0.4) is 0 Å². The van der Waals surface area contributed by atoms with Crippen LogP contribution in [0, 0.1) is 6.92 Å². The third-order valence-corrected chi connectivity index (χ3v) is 5.45. The number of hydrogen-bond donors (Lipinski definition) is 1. The lowest BCUT2D eigenvalue weighted by Gasteiger charge is -2.37. The fraction of sp³-hybridized carbons (Fsp3) is 0.421. The van der Waals surface area contributed by atoms with Crippen molar-refractivity contribution in [3.63, 3.8) is 0 Å². The first-order chi connectivity index (χ1) is 12.2. The van der Waals surface area contributed by atoms with Gasteiger partial charge < -0.3 is 19.9 Å². The normalized spacial score (nSPS) is 15.4. The summed E-state index contributed by atoms with van der Waals surface area (Å²) in [7, 11) is 3.56. The van der Waals surface area contributed by atoms with E-state index in [0.717, 1.165) is 50.0 Å². The number of anilines is 1. The zero-order chi connectivity index (χ0) is 17.6. The number of methoxy groups -OCH3 is 1. The van der Waals surface area contributed by atoms with Gasteiger partial charge in [-0.05, 0) is 41.6 Å². The first-order valence-corrected chi connectivity index (χ1v) is 9.47. The summed E-state index contributed by atoms with van der Waals surface area (Å²) in [6.07, 6.45) is 0. The maximum absolute atomic E-state index is 5.33. The van der Waals surface area contributed by atoms with Gasteiger partial charge in [0.05, 0.1) is 12.1 Å². The number of aliphatic imine (C=N–C) groups is 1. The summed E-state index contributed by atoms with van der Waals surface area (Å²) in [6.45, 7) is 6.87. The molecule has 1 aliphatic heterocycles. The summed E-state index contributed by atoms with van der Waals surface area (Å²) in [5.41, 5.74) is 2.39. The molecule has 1 aromatic heterocycles. The second-order valence-corrected chi connectivity index (χ2v) is 7.06. The first-order valence-electron chi connectivity index (χ1n) is 8.59. The van der Waals surface area contributed by atoms with E-state index < -0.39 is 0 Å². The van der Waals surface area contributed by atoms with Crippen LogP contribution in [0.2, 0.25) is 0 Å². The number of hydrogen-bond acceptors (Lipinski definition) is 4. The van der Waals surface area contributed by atoms with Crippen molar-refractivity contribution in [2.75, 3.05) is 45.2 Å². The van der Waals surface area contributed by atoms with Crippen molar-refractivity contribution >= 4 is 22.3 Å². The van der Waals surface area contributed by atoms with E-state index in [1.807, 2.05) is 24.5 Å². The van der Waals surface area contributed by atoms with Crippen LogP contribution in [0.1, 0.15) is 11.1 Å². The smallest absolute Gasteiger partial charge is 0.194 e. The Hall–Kier alpha value is -2.21. The van der Waals surface area contributed by atoms with Gasteiger partial charge in [0, 0.05) is 39.8 Å². The Bertz CT molecular complexity index is 706. The van der Waals surface area contributed by atoms with E-state index in [1.165, 1.54) is 10.6 Å². The molecule has 134 valence electrons. The minimum Gasteiger partial charge on any atom is -0.496 e. The molecule has 25 heavy (non-hydrogen) atoms. The maximum Gasteiger partial charge on any atom is 0.194 e. The molecule has 2 aromatic rings.